The average Bonchev–Trinajstić information content (AvgIpc) is 3.65. The third-order valence-electron chi connectivity index (χ3n) is 8.96. The fourth-order valence-corrected chi connectivity index (χ4v) is 7.01. The first kappa shape index (κ1) is 45.3. The van der Waals surface area contributed by atoms with Crippen LogP contribution < -0.4 is 24.8 Å². The molecule has 0 spiro atoms. The molecule has 0 radical (unpaired) electrons. The van der Waals surface area contributed by atoms with Crippen molar-refractivity contribution < 1.29 is 49.0 Å². The number of halogens is 4. The minimum atomic E-state index is 0. The predicted molar refractivity (Wildman–Crippen MR) is 214 cm³/mol. The Morgan fingerprint density at radius 2 is 1.12 bits per heavy atom. The number of fused-ring (bicyclic) bond motifs is 3. The normalized spacial score (nSPS) is 14.1. The summed E-state index contributed by atoms with van der Waals surface area (Å²) < 4.78 is 1.26. The third-order valence-corrected chi connectivity index (χ3v) is 10.9. The zero-order chi connectivity index (χ0) is 36.1. The maximum atomic E-state index is 5.98. The van der Waals surface area contributed by atoms with Crippen molar-refractivity contribution in [3.05, 3.63) is 147 Å². The third kappa shape index (κ3) is 12.6. The maximum Gasteiger partial charge on any atom is -1.00 e. The summed E-state index contributed by atoms with van der Waals surface area (Å²) in [7, 11) is 0. The molecule has 51 heavy (non-hydrogen) atoms. The van der Waals surface area contributed by atoms with Crippen LogP contribution in [0.2, 0.25) is 10.0 Å². The van der Waals surface area contributed by atoms with Crippen molar-refractivity contribution in [1.82, 2.24) is 0 Å². The molecule has 1 unspecified atom stereocenters. The van der Waals surface area contributed by atoms with E-state index in [9.17, 15) is 0 Å². The van der Waals surface area contributed by atoms with E-state index in [1.807, 2.05) is 36.4 Å². The number of allylic oxidation sites excluding steroid dienone is 4. The first-order valence-electron chi connectivity index (χ1n) is 17.4. The fourth-order valence-electron chi connectivity index (χ4n) is 5.86. The minimum Gasteiger partial charge on any atom is -1.00 e. The molecule has 0 saturated heterocycles. The molecular weight excluding hydrogens is 786 g/mol. The van der Waals surface area contributed by atoms with Gasteiger partial charge in [-0.2, -0.15) is 11.6 Å². The molecule has 0 aliphatic heterocycles. The molecule has 0 N–H and O–H groups in total. The number of benzene rings is 4. The molecule has 1 atom stereocenters. The molecule has 0 saturated carbocycles. The van der Waals surface area contributed by atoms with Crippen molar-refractivity contribution in [2.75, 3.05) is 0 Å². The predicted octanol–water partition coefficient (Wildman–Crippen LogP) is 8.17. The average molecular weight is 838 g/mol. The van der Waals surface area contributed by atoms with E-state index in [2.05, 4.69) is 142 Å². The maximum absolute atomic E-state index is 5.98. The Morgan fingerprint density at radius 3 is 1.47 bits per heavy atom. The van der Waals surface area contributed by atoms with Crippen LogP contribution in [0.4, 0.5) is 0 Å². The van der Waals surface area contributed by atoms with Crippen LogP contribution in [-0.4, -0.2) is 3.21 Å². The quantitative estimate of drug-likeness (QED) is 0.161. The summed E-state index contributed by atoms with van der Waals surface area (Å²) in [5.41, 5.74) is 7.28. The van der Waals surface area contributed by atoms with Crippen LogP contribution in [0.5, 0.6) is 0 Å². The molecule has 0 aromatic heterocycles. The number of hydrogen-bond donors (Lipinski definition) is 0. The van der Waals surface area contributed by atoms with Gasteiger partial charge in [0.15, 0.2) is 0 Å². The largest absolute Gasteiger partial charge is 1.00 e. The molecule has 5 heteroatoms. The van der Waals surface area contributed by atoms with Crippen molar-refractivity contribution in [3.63, 3.8) is 0 Å². The van der Waals surface area contributed by atoms with Gasteiger partial charge in [-0.15, -0.1) is 39.7 Å². The van der Waals surface area contributed by atoms with Gasteiger partial charge in [-0.05, 0) is 10.8 Å². The molecular formula is C46H52Cl4Zr-2. The van der Waals surface area contributed by atoms with E-state index in [1.165, 1.54) is 78.5 Å². The van der Waals surface area contributed by atoms with Crippen molar-refractivity contribution in [2.24, 2.45) is 11.3 Å². The number of hydrogen-bond acceptors (Lipinski definition) is 0. The van der Waals surface area contributed by atoms with Gasteiger partial charge in [0.1, 0.15) is 0 Å². The van der Waals surface area contributed by atoms with Crippen LogP contribution in [0.1, 0.15) is 104 Å². The molecule has 1 aliphatic carbocycles. The van der Waals surface area contributed by atoms with Crippen LogP contribution in [0.15, 0.2) is 109 Å². The Bertz CT molecular complexity index is 1860. The summed E-state index contributed by atoms with van der Waals surface area (Å²) in [5, 5.41) is 7.00. The topological polar surface area (TPSA) is 0 Å². The Balaban J connectivity index is 0.000000270. The molecule has 0 bridgehead atoms. The van der Waals surface area contributed by atoms with Crippen LogP contribution in [0.25, 0.3) is 21.5 Å². The van der Waals surface area contributed by atoms with Crippen molar-refractivity contribution in [1.29, 1.82) is 0 Å². The van der Waals surface area contributed by atoms with E-state index in [1.54, 1.807) is 0 Å². The molecule has 0 fully saturated rings. The summed E-state index contributed by atoms with van der Waals surface area (Å²) in [6, 6.07) is 32.0. The van der Waals surface area contributed by atoms with Crippen LogP contribution in [0.3, 0.4) is 0 Å². The second kappa shape index (κ2) is 18.9. The smallest absolute Gasteiger partial charge is 1.00 e. The summed E-state index contributed by atoms with van der Waals surface area (Å²) in [6.07, 6.45) is 10.4. The van der Waals surface area contributed by atoms with E-state index in [0.29, 0.717) is 11.3 Å². The molecule has 5 aromatic carbocycles. The summed E-state index contributed by atoms with van der Waals surface area (Å²) in [6.45, 7) is 22.6. The van der Waals surface area contributed by atoms with Gasteiger partial charge in [0.2, 0.25) is 0 Å². The Hall–Kier alpha value is -1.86. The van der Waals surface area contributed by atoms with Gasteiger partial charge in [0.05, 0.1) is 0 Å². The Kier molecular flexibility index (Phi) is 16.8. The van der Waals surface area contributed by atoms with Gasteiger partial charge < -0.3 is 24.8 Å². The molecule has 1 aliphatic rings. The van der Waals surface area contributed by atoms with E-state index in [4.69, 9.17) is 23.2 Å². The standard InChI is InChI=1S/C21H25.C13H8Cl2.C12H19.2ClH.Zr/c1-20(2,3)16-7-9-18-14(12-16)11-15-13-17(21(4,5)6)8-10-19(15)18;14-12-5-1-3-10(8-12)7-11-4-2-6-13(15)9-11;1-5-6-10-7-8-11(9-10)12(2,3)4;;;/h7-13H,1-6H3;1-6,8-9H;8-10H,5-6H2,1-4H3;2*1H;/q-1;;-1;;;+2/p-2. The fraction of sp³-hybridized carbons (Fsp3) is 0.348. The zero-order valence-electron chi connectivity index (χ0n) is 31.8. The molecule has 0 heterocycles. The Morgan fingerprint density at radius 1 is 0.667 bits per heavy atom. The molecule has 270 valence electrons. The van der Waals surface area contributed by atoms with E-state index in [0.717, 1.165) is 21.2 Å². The summed E-state index contributed by atoms with van der Waals surface area (Å²) in [5.74, 6) is 0.587. The van der Waals surface area contributed by atoms with E-state index >= 15 is 0 Å². The van der Waals surface area contributed by atoms with Crippen LogP contribution in [0, 0.1) is 17.4 Å². The SMILES string of the molecule is CC(C)(C)c1ccc2c(c1)[cH-]c1cc(C(C)(C)C)ccc12.CCCC1[C-]=CC(C(C)(C)C)=C1.Clc1cccc([C](=[Zr+2])c2cccc(Cl)c2)c1.[Cl-].[Cl-]. The first-order valence-corrected chi connectivity index (χ1v) is 19.4. The molecule has 0 amide bonds. The van der Waals surface area contributed by atoms with Crippen molar-refractivity contribution in [2.45, 2.75) is 92.9 Å². The zero-order valence-corrected chi connectivity index (χ0v) is 37.3. The second-order valence-corrected chi connectivity index (χ2v) is 18.3. The van der Waals surface area contributed by atoms with Gasteiger partial charge in [-0.1, -0.05) is 129 Å². The summed E-state index contributed by atoms with van der Waals surface area (Å²) in [4.78, 5) is 0. The monoisotopic (exact) mass is 834 g/mol. The number of rotatable bonds is 4. The van der Waals surface area contributed by atoms with Gasteiger partial charge in [0, 0.05) is 0 Å². The van der Waals surface area contributed by atoms with Crippen molar-refractivity contribution in [3.8, 4) is 0 Å². The first-order chi connectivity index (χ1) is 22.9. The van der Waals surface area contributed by atoms with Gasteiger partial charge in [-0.3, -0.25) is 6.08 Å². The van der Waals surface area contributed by atoms with Crippen molar-refractivity contribution >= 4 is 48.0 Å². The molecule has 5 aromatic rings. The Labute approximate surface area is 345 Å². The second-order valence-electron chi connectivity index (χ2n) is 16.2. The molecule has 0 nitrogen and oxygen atoms in total. The summed E-state index contributed by atoms with van der Waals surface area (Å²) >= 11 is 13.3. The van der Waals surface area contributed by atoms with Crippen LogP contribution >= 0.6 is 23.2 Å². The minimum absolute atomic E-state index is 0. The van der Waals surface area contributed by atoms with Crippen LogP contribution in [-0.2, 0) is 35.1 Å². The van der Waals surface area contributed by atoms with E-state index < -0.39 is 0 Å². The van der Waals surface area contributed by atoms with Gasteiger partial charge in [-0.25, -0.2) is 6.08 Å². The molecule has 6 rings (SSSR count). The van der Waals surface area contributed by atoms with E-state index in [-0.39, 0.29) is 35.6 Å². The van der Waals surface area contributed by atoms with Gasteiger partial charge in [0.25, 0.3) is 0 Å². The van der Waals surface area contributed by atoms with Gasteiger partial charge >= 0.3 is 120 Å².